The summed E-state index contributed by atoms with van der Waals surface area (Å²) in [6.45, 7) is 4.04. The highest BCUT2D eigenvalue weighted by Crippen LogP contribution is 2.32. The Kier molecular flexibility index (Phi) is 8.25. The van der Waals surface area contributed by atoms with Gasteiger partial charge in [-0.15, -0.1) is 0 Å². The van der Waals surface area contributed by atoms with E-state index in [2.05, 4.69) is 10.0 Å². The number of amides is 1. The highest BCUT2D eigenvalue weighted by atomic mass is 35.5. The van der Waals surface area contributed by atoms with E-state index in [0.717, 1.165) is 0 Å². The number of nitrogens with zero attached hydrogens (tertiary/aromatic N) is 1. The van der Waals surface area contributed by atoms with E-state index in [1.165, 1.54) is 35.6 Å². The minimum absolute atomic E-state index is 0.0141. The first-order chi connectivity index (χ1) is 16.0. The average Bonchev–Trinajstić information content (AvgIpc) is 2.81. The highest BCUT2D eigenvalue weighted by Gasteiger charge is 2.35. The van der Waals surface area contributed by atoms with Gasteiger partial charge in [0.2, 0.25) is 26.0 Å². The number of anilines is 1. The van der Waals surface area contributed by atoms with E-state index in [1.54, 1.807) is 26.0 Å². The maximum atomic E-state index is 13.4. The molecule has 2 aromatic carbocycles. The normalized spacial score (nSPS) is 17.4. The van der Waals surface area contributed by atoms with Gasteiger partial charge < -0.3 is 10.1 Å². The Morgan fingerprint density at radius 1 is 1.18 bits per heavy atom. The summed E-state index contributed by atoms with van der Waals surface area (Å²) in [6, 6.07) is 8.86. The lowest BCUT2D eigenvalue weighted by molar-refractivity contribution is -0.120. The zero-order valence-electron chi connectivity index (χ0n) is 19.2. The number of aryl methyl sites for hydroxylation is 1. The summed E-state index contributed by atoms with van der Waals surface area (Å²) >= 11 is 6.05. The second kappa shape index (κ2) is 10.6. The van der Waals surface area contributed by atoms with Crippen LogP contribution in [0.5, 0.6) is 5.75 Å². The van der Waals surface area contributed by atoms with Crippen LogP contribution in [0.2, 0.25) is 5.02 Å². The Morgan fingerprint density at radius 2 is 1.91 bits per heavy atom. The molecule has 3 rings (SSSR count). The Bertz CT molecular complexity index is 1280. The minimum atomic E-state index is -3.96. The number of hydrogen-bond acceptors (Lipinski definition) is 6. The summed E-state index contributed by atoms with van der Waals surface area (Å²) in [5.41, 5.74) is 1.04. The van der Waals surface area contributed by atoms with Crippen LogP contribution in [0.25, 0.3) is 0 Å². The molecule has 1 heterocycles. The van der Waals surface area contributed by atoms with Crippen LogP contribution in [0.4, 0.5) is 5.69 Å². The van der Waals surface area contributed by atoms with Crippen molar-refractivity contribution in [2.75, 3.05) is 32.1 Å². The Balaban J connectivity index is 1.82. The van der Waals surface area contributed by atoms with E-state index in [9.17, 15) is 21.6 Å². The molecule has 0 aliphatic carbocycles. The number of halogens is 1. The van der Waals surface area contributed by atoms with Crippen molar-refractivity contribution >= 4 is 43.2 Å². The number of rotatable bonds is 8. The fourth-order valence-corrected chi connectivity index (χ4v) is 6.40. The number of sulfonamides is 2. The molecule has 0 radical (unpaired) electrons. The maximum Gasteiger partial charge on any atom is 0.246 e. The van der Waals surface area contributed by atoms with Crippen molar-refractivity contribution < 1.29 is 26.4 Å². The van der Waals surface area contributed by atoms with Gasteiger partial charge in [-0.2, -0.15) is 4.31 Å². The standard InChI is InChI=1S/C22H28ClN3O6S2/c1-4-32-20-10-8-17(23)12-21(20)34(30,31)26-11-5-6-16(14-26)22(27)25-19-13-18(9-7-15(19)2)33(28,29)24-3/h7-10,12-13,16,24H,4-6,11,14H2,1-3H3,(H,25,27)/t16-/m1/s1. The molecule has 0 bridgehead atoms. The highest BCUT2D eigenvalue weighted by molar-refractivity contribution is 7.89. The molecule has 186 valence electrons. The van der Waals surface area contributed by atoms with Gasteiger partial charge in [0.15, 0.2) is 0 Å². The largest absolute Gasteiger partial charge is 0.492 e. The lowest BCUT2D eigenvalue weighted by Gasteiger charge is -2.31. The quantitative estimate of drug-likeness (QED) is 0.542. The van der Waals surface area contributed by atoms with Crippen LogP contribution in [0, 0.1) is 12.8 Å². The molecular formula is C22H28ClN3O6S2. The zero-order valence-corrected chi connectivity index (χ0v) is 21.6. The van der Waals surface area contributed by atoms with Crippen LogP contribution in [-0.4, -0.2) is 53.8 Å². The summed E-state index contributed by atoms with van der Waals surface area (Å²) in [4.78, 5) is 13.0. The summed E-state index contributed by atoms with van der Waals surface area (Å²) < 4.78 is 60.0. The minimum Gasteiger partial charge on any atom is -0.492 e. The first-order valence-corrected chi connectivity index (χ1v) is 14.1. The molecule has 34 heavy (non-hydrogen) atoms. The Labute approximate surface area is 205 Å². The maximum absolute atomic E-state index is 13.4. The second-order valence-corrected chi connectivity index (χ2v) is 12.1. The molecule has 2 aromatic rings. The molecule has 0 aromatic heterocycles. The monoisotopic (exact) mass is 529 g/mol. The van der Waals surface area contributed by atoms with Crippen molar-refractivity contribution in [2.24, 2.45) is 5.92 Å². The van der Waals surface area contributed by atoms with Crippen molar-refractivity contribution in [2.45, 2.75) is 36.5 Å². The van der Waals surface area contributed by atoms with Gasteiger partial charge in [0.25, 0.3) is 0 Å². The molecule has 1 saturated heterocycles. The van der Waals surface area contributed by atoms with Gasteiger partial charge in [-0.1, -0.05) is 17.7 Å². The molecule has 2 N–H and O–H groups in total. The number of ether oxygens (including phenoxy) is 1. The third kappa shape index (κ3) is 5.72. The zero-order chi connectivity index (χ0) is 25.1. The number of nitrogens with one attached hydrogen (secondary N) is 2. The number of piperidine rings is 1. The SMILES string of the molecule is CCOc1ccc(Cl)cc1S(=O)(=O)N1CCC[C@@H](C(=O)Nc2cc(S(=O)(=O)NC)ccc2C)C1. The van der Waals surface area contributed by atoms with Gasteiger partial charge >= 0.3 is 0 Å². The lowest BCUT2D eigenvalue weighted by Crippen LogP contribution is -2.43. The fourth-order valence-electron chi connectivity index (χ4n) is 3.73. The van der Waals surface area contributed by atoms with Crippen molar-refractivity contribution in [3.8, 4) is 5.75 Å². The van der Waals surface area contributed by atoms with Crippen molar-refractivity contribution in [3.63, 3.8) is 0 Å². The van der Waals surface area contributed by atoms with Crippen LogP contribution < -0.4 is 14.8 Å². The van der Waals surface area contributed by atoms with Gasteiger partial charge in [-0.05, 0) is 69.6 Å². The van der Waals surface area contributed by atoms with E-state index in [-0.39, 0.29) is 46.2 Å². The van der Waals surface area contributed by atoms with Crippen LogP contribution in [-0.2, 0) is 24.8 Å². The van der Waals surface area contributed by atoms with E-state index in [4.69, 9.17) is 16.3 Å². The number of carbonyl (C=O) groups excluding carboxylic acids is 1. The number of carbonyl (C=O) groups is 1. The molecule has 1 amide bonds. The third-order valence-corrected chi connectivity index (χ3v) is 9.16. The Hall–Kier alpha value is -2.18. The van der Waals surface area contributed by atoms with Crippen LogP contribution in [0.3, 0.4) is 0 Å². The summed E-state index contributed by atoms with van der Waals surface area (Å²) in [5.74, 6) is -0.781. The number of benzene rings is 2. The van der Waals surface area contributed by atoms with Crippen LogP contribution >= 0.6 is 11.6 Å². The molecule has 9 nitrogen and oxygen atoms in total. The molecule has 12 heteroatoms. The van der Waals surface area contributed by atoms with Gasteiger partial charge in [-0.25, -0.2) is 21.6 Å². The molecule has 1 aliphatic rings. The molecule has 0 spiro atoms. The predicted octanol–water partition coefficient (Wildman–Crippen LogP) is 2.99. The third-order valence-electron chi connectivity index (χ3n) is 5.62. The first-order valence-electron chi connectivity index (χ1n) is 10.8. The van der Waals surface area contributed by atoms with Gasteiger partial charge in [0, 0.05) is 23.8 Å². The first kappa shape index (κ1) is 26.4. The second-order valence-electron chi connectivity index (χ2n) is 7.90. The van der Waals surface area contributed by atoms with Crippen molar-refractivity contribution in [3.05, 3.63) is 47.0 Å². The molecule has 0 unspecified atom stereocenters. The molecule has 1 fully saturated rings. The van der Waals surface area contributed by atoms with Gasteiger partial charge in [0.05, 0.1) is 17.4 Å². The van der Waals surface area contributed by atoms with Gasteiger partial charge in [0.1, 0.15) is 10.6 Å². The van der Waals surface area contributed by atoms with Crippen molar-refractivity contribution in [1.29, 1.82) is 0 Å². The van der Waals surface area contributed by atoms with E-state index in [0.29, 0.717) is 24.1 Å². The van der Waals surface area contributed by atoms with Crippen molar-refractivity contribution in [1.82, 2.24) is 9.03 Å². The van der Waals surface area contributed by atoms with Gasteiger partial charge in [-0.3, -0.25) is 4.79 Å². The lowest BCUT2D eigenvalue weighted by atomic mass is 9.98. The summed E-state index contributed by atoms with van der Waals surface area (Å²) in [7, 11) is -6.33. The number of hydrogen-bond donors (Lipinski definition) is 2. The van der Waals surface area contributed by atoms with Crippen LogP contribution in [0.15, 0.2) is 46.2 Å². The Morgan fingerprint density at radius 3 is 2.59 bits per heavy atom. The van der Waals surface area contributed by atoms with E-state index in [1.807, 2.05) is 0 Å². The van der Waals surface area contributed by atoms with E-state index >= 15 is 0 Å². The molecule has 1 atom stereocenters. The van der Waals surface area contributed by atoms with Crippen LogP contribution in [0.1, 0.15) is 25.3 Å². The smallest absolute Gasteiger partial charge is 0.246 e. The fraction of sp³-hybridized carbons (Fsp3) is 0.409. The topological polar surface area (TPSA) is 122 Å². The average molecular weight is 530 g/mol. The summed E-state index contributed by atoms with van der Waals surface area (Å²) in [5, 5.41) is 3.03. The molecule has 0 saturated carbocycles. The molecular weight excluding hydrogens is 502 g/mol. The van der Waals surface area contributed by atoms with E-state index < -0.39 is 26.0 Å². The summed E-state index contributed by atoms with van der Waals surface area (Å²) in [6.07, 6.45) is 0.994. The predicted molar refractivity (Wildman–Crippen MR) is 130 cm³/mol. The molecule has 1 aliphatic heterocycles.